The number of carbonyl (C=O) groups excluding carboxylic acids is 1. The van der Waals surface area contributed by atoms with Gasteiger partial charge in [-0.1, -0.05) is 12.1 Å². The Hall–Kier alpha value is -4.46. The van der Waals surface area contributed by atoms with Crippen molar-refractivity contribution in [3.63, 3.8) is 0 Å². The van der Waals surface area contributed by atoms with Crippen molar-refractivity contribution in [2.45, 2.75) is 24.9 Å². The van der Waals surface area contributed by atoms with Gasteiger partial charge in [-0.3, -0.25) is 9.78 Å². The first-order valence-electron chi connectivity index (χ1n) is 12.1. The van der Waals surface area contributed by atoms with Crippen LogP contribution in [0.1, 0.15) is 23.2 Å². The number of amides is 1. The highest BCUT2D eigenvalue weighted by Crippen LogP contribution is 2.30. The Morgan fingerprint density at radius 2 is 1.82 bits per heavy atom. The Labute approximate surface area is 221 Å². The predicted octanol–water partition coefficient (Wildman–Crippen LogP) is 5.70. The van der Waals surface area contributed by atoms with Gasteiger partial charge in [0.2, 0.25) is 0 Å². The van der Waals surface area contributed by atoms with E-state index in [9.17, 15) is 9.00 Å². The average molecular weight is 526 g/mol. The van der Waals surface area contributed by atoms with Gasteiger partial charge in [0, 0.05) is 52.2 Å². The van der Waals surface area contributed by atoms with E-state index in [2.05, 4.69) is 30.1 Å². The lowest BCUT2D eigenvalue weighted by molar-refractivity contribution is 0.102. The van der Waals surface area contributed by atoms with Gasteiger partial charge in [0.25, 0.3) is 5.91 Å². The fourth-order valence-electron chi connectivity index (χ4n) is 4.39. The van der Waals surface area contributed by atoms with Crippen LogP contribution in [0.5, 0.6) is 0 Å². The van der Waals surface area contributed by atoms with Crippen LogP contribution in [0, 0.1) is 6.57 Å². The SMILES string of the molecule is [C-]#[N+]c1ccc2nccc(Nc3ccc(C(=O)Nc4cccc(NC5CC(N=S(C)(N)=O)C5)c4)cc3)c2c1. The summed E-state index contributed by atoms with van der Waals surface area (Å²) in [6.45, 7) is 7.27. The maximum Gasteiger partial charge on any atom is 0.255 e. The molecule has 0 aliphatic heterocycles. The van der Waals surface area contributed by atoms with E-state index in [4.69, 9.17) is 11.7 Å². The first-order valence-corrected chi connectivity index (χ1v) is 14.0. The van der Waals surface area contributed by atoms with Crippen molar-refractivity contribution < 1.29 is 9.00 Å². The van der Waals surface area contributed by atoms with E-state index in [0.717, 1.165) is 40.8 Å². The molecule has 1 amide bonds. The number of fused-ring (bicyclic) bond motifs is 1. The quantitative estimate of drug-likeness (QED) is 0.230. The summed E-state index contributed by atoms with van der Waals surface area (Å²) in [5, 5.41) is 16.1. The number of aromatic nitrogens is 1. The summed E-state index contributed by atoms with van der Waals surface area (Å²) in [6, 6.07) is 22.2. The molecule has 1 aliphatic carbocycles. The predicted molar refractivity (Wildman–Crippen MR) is 153 cm³/mol. The lowest BCUT2D eigenvalue weighted by atomic mass is 9.87. The van der Waals surface area contributed by atoms with Gasteiger partial charge in [-0.2, -0.15) is 0 Å². The zero-order valence-electron chi connectivity index (χ0n) is 20.7. The molecule has 1 aromatic heterocycles. The minimum atomic E-state index is -2.57. The largest absolute Gasteiger partial charge is 0.382 e. The zero-order valence-corrected chi connectivity index (χ0v) is 21.5. The van der Waals surface area contributed by atoms with Crippen LogP contribution >= 0.6 is 0 Å². The molecule has 1 aliphatic rings. The monoisotopic (exact) mass is 525 g/mol. The van der Waals surface area contributed by atoms with Gasteiger partial charge < -0.3 is 16.0 Å². The first-order chi connectivity index (χ1) is 18.3. The highest BCUT2D eigenvalue weighted by atomic mass is 32.2. The Kier molecular flexibility index (Phi) is 6.96. The van der Waals surface area contributed by atoms with E-state index in [1.165, 1.54) is 6.26 Å². The van der Waals surface area contributed by atoms with Crippen molar-refractivity contribution in [3.8, 4) is 0 Å². The molecule has 10 heteroatoms. The lowest BCUT2D eigenvalue weighted by Gasteiger charge is -2.34. The maximum atomic E-state index is 12.9. The fourth-order valence-corrected chi connectivity index (χ4v) is 5.15. The standard InChI is InChI=1S/C28H27N7O2S/c1-30-20-10-11-26-25(17-20)27(12-13-31-26)33-19-8-6-18(7-9-19)28(36)34-22-5-3-4-21(14-22)32-23-15-24(16-23)35-38(2,29)37/h3-14,17,23-24,32H,15-16H2,2H3,(H,31,33)(H,34,36)(H2,29,35,37). The topological polar surface area (TPSA) is 126 Å². The van der Waals surface area contributed by atoms with Gasteiger partial charge in [0.1, 0.15) is 9.92 Å². The Bertz CT molecular complexity index is 1660. The number of rotatable bonds is 7. The maximum absolute atomic E-state index is 12.9. The second-order valence-corrected chi connectivity index (χ2v) is 11.3. The summed E-state index contributed by atoms with van der Waals surface area (Å²) in [5.74, 6) is -0.215. The Morgan fingerprint density at radius 3 is 2.55 bits per heavy atom. The molecule has 5 rings (SSSR count). The van der Waals surface area contributed by atoms with Crippen molar-refractivity contribution >= 4 is 55.2 Å². The van der Waals surface area contributed by atoms with Gasteiger partial charge in [0.05, 0.1) is 18.1 Å². The molecule has 1 saturated carbocycles. The van der Waals surface area contributed by atoms with Crippen LogP contribution in [0.25, 0.3) is 15.7 Å². The van der Waals surface area contributed by atoms with E-state index >= 15 is 0 Å². The molecule has 1 heterocycles. The first kappa shape index (κ1) is 25.2. The number of carbonyl (C=O) groups is 1. The molecule has 3 aromatic carbocycles. The summed E-state index contributed by atoms with van der Waals surface area (Å²) in [4.78, 5) is 20.7. The van der Waals surface area contributed by atoms with E-state index in [-0.39, 0.29) is 18.0 Å². The summed E-state index contributed by atoms with van der Waals surface area (Å²) < 4.78 is 15.8. The van der Waals surface area contributed by atoms with Crippen LogP contribution in [-0.4, -0.2) is 33.4 Å². The third kappa shape index (κ3) is 6.08. The van der Waals surface area contributed by atoms with E-state index in [0.29, 0.717) is 16.9 Å². The van der Waals surface area contributed by atoms with Crippen molar-refractivity contribution in [1.82, 2.24) is 4.98 Å². The van der Waals surface area contributed by atoms with Crippen LogP contribution in [0.2, 0.25) is 0 Å². The third-order valence-electron chi connectivity index (χ3n) is 6.24. The number of hydrogen-bond acceptors (Lipinski definition) is 6. The molecule has 1 atom stereocenters. The van der Waals surface area contributed by atoms with Gasteiger partial charge >= 0.3 is 0 Å². The molecular weight excluding hydrogens is 498 g/mol. The van der Waals surface area contributed by atoms with Gasteiger partial charge in [-0.05, 0) is 73.5 Å². The molecule has 0 radical (unpaired) electrons. The fraction of sp³-hybridized carbons (Fsp3) is 0.179. The molecule has 9 nitrogen and oxygen atoms in total. The van der Waals surface area contributed by atoms with E-state index in [1.807, 2.05) is 54.6 Å². The summed E-state index contributed by atoms with van der Waals surface area (Å²) in [6.07, 6.45) is 4.71. The smallest absolute Gasteiger partial charge is 0.255 e. The molecule has 0 saturated heterocycles. The molecule has 0 spiro atoms. The summed E-state index contributed by atoms with van der Waals surface area (Å²) in [5.41, 5.74) is 5.09. The molecule has 0 bridgehead atoms. The molecule has 1 unspecified atom stereocenters. The molecule has 5 N–H and O–H groups in total. The van der Waals surface area contributed by atoms with E-state index < -0.39 is 9.92 Å². The Balaban J connectivity index is 1.21. The van der Waals surface area contributed by atoms with Crippen LogP contribution in [0.15, 0.2) is 83.4 Å². The summed E-state index contributed by atoms with van der Waals surface area (Å²) >= 11 is 0. The number of nitrogens with zero attached hydrogens (tertiary/aromatic N) is 3. The van der Waals surface area contributed by atoms with Crippen molar-refractivity contribution in [2.24, 2.45) is 9.50 Å². The number of hydrogen-bond donors (Lipinski definition) is 4. The normalized spacial score (nSPS) is 17.9. The highest BCUT2D eigenvalue weighted by Gasteiger charge is 2.29. The van der Waals surface area contributed by atoms with Crippen LogP contribution in [0.4, 0.5) is 28.4 Å². The molecule has 192 valence electrons. The zero-order chi connectivity index (χ0) is 26.7. The van der Waals surface area contributed by atoms with Crippen molar-refractivity contribution in [3.05, 3.63) is 96.0 Å². The second kappa shape index (κ2) is 10.5. The van der Waals surface area contributed by atoms with Crippen LogP contribution in [0.3, 0.4) is 0 Å². The third-order valence-corrected chi connectivity index (χ3v) is 6.96. The average Bonchev–Trinajstić information content (AvgIpc) is 2.87. The molecule has 1 fully saturated rings. The van der Waals surface area contributed by atoms with Gasteiger partial charge in [0.15, 0.2) is 5.69 Å². The number of benzene rings is 3. The number of nitrogens with two attached hydrogens (primary N) is 1. The summed E-state index contributed by atoms with van der Waals surface area (Å²) in [7, 11) is -2.57. The molecule has 4 aromatic rings. The number of anilines is 4. The number of pyridine rings is 1. The van der Waals surface area contributed by atoms with Crippen molar-refractivity contribution in [1.29, 1.82) is 0 Å². The molecular formula is C28H27N7O2S. The number of nitrogens with one attached hydrogen (secondary N) is 3. The van der Waals surface area contributed by atoms with E-state index in [1.54, 1.807) is 24.4 Å². The second-order valence-electron chi connectivity index (χ2n) is 9.34. The van der Waals surface area contributed by atoms with Gasteiger partial charge in [-0.15, -0.1) is 0 Å². The minimum absolute atomic E-state index is 0.0175. The minimum Gasteiger partial charge on any atom is -0.382 e. The van der Waals surface area contributed by atoms with Crippen LogP contribution in [-0.2, 0) is 9.92 Å². The van der Waals surface area contributed by atoms with Crippen molar-refractivity contribution in [2.75, 3.05) is 22.2 Å². The molecule has 38 heavy (non-hydrogen) atoms. The van der Waals surface area contributed by atoms with Gasteiger partial charge in [-0.25, -0.2) is 18.6 Å². The Morgan fingerprint density at radius 1 is 1.05 bits per heavy atom. The highest BCUT2D eigenvalue weighted by molar-refractivity contribution is 7.90. The van der Waals surface area contributed by atoms with Crippen LogP contribution < -0.4 is 21.1 Å². The lowest BCUT2D eigenvalue weighted by Crippen LogP contribution is -2.39.